The van der Waals surface area contributed by atoms with Gasteiger partial charge in [-0.2, -0.15) is 0 Å². The first-order chi connectivity index (χ1) is 6.19. The van der Waals surface area contributed by atoms with E-state index in [0.29, 0.717) is 17.8 Å². The van der Waals surface area contributed by atoms with Crippen molar-refractivity contribution in [3.8, 4) is 5.75 Å². The molecule has 4 heteroatoms. The van der Waals surface area contributed by atoms with Crippen molar-refractivity contribution < 1.29 is 9.90 Å². The number of carbonyl (C=O) groups is 1. The molecular formula is C9H12N2O2. The van der Waals surface area contributed by atoms with Gasteiger partial charge in [0.25, 0.3) is 0 Å². The van der Waals surface area contributed by atoms with Crippen LogP contribution in [0.5, 0.6) is 5.75 Å². The third-order valence-electron chi connectivity index (χ3n) is 1.82. The summed E-state index contributed by atoms with van der Waals surface area (Å²) in [6.45, 7) is 1.77. The second-order valence-electron chi connectivity index (χ2n) is 2.70. The summed E-state index contributed by atoms with van der Waals surface area (Å²) in [7, 11) is 1.72. The molecule has 0 spiro atoms. The molecule has 0 aliphatic rings. The van der Waals surface area contributed by atoms with Crippen molar-refractivity contribution in [2.75, 3.05) is 17.7 Å². The summed E-state index contributed by atoms with van der Waals surface area (Å²) in [5, 5.41) is 14.8. The summed E-state index contributed by atoms with van der Waals surface area (Å²) in [6.07, 6.45) is 0.604. The molecule has 1 aromatic carbocycles. The topological polar surface area (TPSA) is 61.4 Å². The molecule has 1 rings (SSSR count). The predicted octanol–water partition coefficient (Wildman–Crippen LogP) is 1.31. The van der Waals surface area contributed by atoms with E-state index in [4.69, 9.17) is 0 Å². The number of phenols is 1. The van der Waals surface area contributed by atoms with Crippen LogP contribution < -0.4 is 10.6 Å². The molecule has 0 bridgehead atoms. The lowest BCUT2D eigenvalue weighted by Gasteiger charge is -2.09. The highest BCUT2D eigenvalue weighted by atomic mass is 16.3. The fraction of sp³-hybridized carbons (Fsp3) is 0.222. The number of hydrogen-bond donors (Lipinski definition) is 3. The number of anilines is 2. The van der Waals surface area contributed by atoms with Crippen LogP contribution in [-0.4, -0.2) is 18.6 Å². The molecule has 0 saturated heterocycles. The molecule has 0 saturated carbocycles. The Morgan fingerprint density at radius 3 is 2.62 bits per heavy atom. The Labute approximate surface area is 76.6 Å². The minimum atomic E-state index is 0.209. The van der Waals surface area contributed by atoms with Crippen LogP contribution in [0, 0.1) is 6.92 Å². The third-order valence-corrected chi connectivity index (χ3v) is 1.82. The standard InChI is InChI=1S/C9H12N2O2/c1-6-3-8(11-5-12)7(10-2)4-9(6)13/h3-5,10,13H,1-2H3,(H,11,12). The summed E-state index contributed by atoms with van der Waals surface area (Å²) in [6, 6.07) is 3.27. The molecule has 0 atom stereocenters. The first-order valence-electron chi connectivity index (χ1n) is 3.90. The molecule has 1 amide bonds. The Morgan fingerprint density at radius 2 is 2.08 bits per heavy atom. The molecule has 0 heterocycles. The number of amides is 1. The monoisotopic (exact) mass is 180 g/mol. The Kier molecular flexibility index (Phi) is 2.74. The van der Waals surface area contributed by atoms with Gasteiger partial charge in [-0.05, 0) is 18.6 Å². The molecule has 3 N–H and O–H groups in total. The van der Waals surface area contributed by atoms with Gasteiger partial charge in [-0.15, -0.1) is 0 Å². The van der Waals surface area contributed by atoms with Crippen LogP contribution in [0.15, 0.2) is 12.1 Å². The molecule has 13 heavy (non-hydrogen) atoms. The van der Waals surface area contributed by atoms with Crippen LogP contribution in [-0.2, 0) is 4.79 Å². The molecule has 1 aromatic rings. The number of nitrogens with one attached hydrogen (secondary N) is 2. The van der Waals surface area contributed by atoms with Gasteiger partial charge in [-0.3, -0.25) is 4.79 Å². The van der Waals surface area contributed by atoms with Crippen LogP contribution >= 0.6 is 0 Å². The van der Waals surface area contributed by atoms with Gasteiger partial charge >= 0.3 is 0 Å². The number of hydrogen-bond acceptors (Lipinski definition) is 3. The maximum absolute atomic E-state index is 10.2. The zero-order valence-electron chi connectivity index (χ0n) is 7.59. The number of rotatable bonds is 3. The highest BCUT2D eigenvalue weighted by molar-refractivity contribution is 5.82. The molecule has 0 aromatic heterocycles. The molecule has 4 nitrogen and oxygen atoms in total. The highest BCUT2D eigenvalue weighted by Gasteiger charge is 2.04. The fourth-order valence-electron chi connectivity index (χ4n) is 1.09. The van der Waals surface area contributed by atoms with Crippen molar-refractivity contribution in [3.05, 3.63) is 17.7 Å². The van der Waals surface area contributed by atoms with Crippen LogP contribution in [0.2, 0.25) is 0 Å². The fourth-order valence-corrected chi connectivity index (χ4v) is 1.09. The van der Waals surface area contributed by atoms with Crippen molar-refractivity contribution in [1.29, 1.82) is 0 Å². The van der Waals surface area contributed by atoms with Crippen LogP contribution in [0.3, 0.4) is 0 Å². The summed E-state index contributed by atoms with van der Waals surface area (Å²) < 4.78 is 0. The number of carbonyl (C=O) groups excluding carboxylic acids is 1. The Hall–Kier alpha value is -1.71. The van der Waals surface area contributed by atoms with Gasteiger partial charge in [0.05, 0.1) is 11.4 Å². The second kappa shape index (κ2) is 3.80. The van der Waals surface area contributed by atoms with Crippen molar-refractivity contribution in [3.63, 3.8) is 0 Å². The van der Waals surface area contributed by atoms with Crippen LogP contribution in [0.4, 0.5) is 11.4 Å². The molecule has 0 fully saturated rings. The van der Waals surface area contributed by atoms with Gasteiger partial charge in [-0.25, -0.2) is 0 Å². The van der Waals surface area contributed by atoms with E-state index >= 15 is 0 Å². The number of aromatic hydroxyl groups is 1. The van der Waals surface area contributed by atoms with Gasteiger partial charge in [-0.1, -0.05) is 0 Å². The average molecular weight is 180 g/mol. The van der Waals surface area contributed by atoms with Crippen LogP contribution in [0.25, 0.3) is 0 Å². The molecular weight excluding hydrogens is 168 g/mol. The van der Waals surface area contributed by atoms with Gasteiger partial charge in [0, 0.05) is 13.1 Å². The molecule has 0 aliphatic carbocycles. The molecule has 70 valence electrons. The van der Waals surface area contributed by atoms with E-state index < -0.39 is 0 Å². The van der Waals surface area contributed by atoms with Gasteiger partial charge in [0.2, 0.25) is 6.41 Å². The lowest BCUT2D eigenvalue weighted by atomic mass is 10.1. The normalized spacial score (nSPS) is 9.38. The minimum absolute atomic E-state index is 0.209. The van der Waals surface area contributed by atoms with E-state index in [1.165, 1.54) is 0 Å². The molecule has 0 unspecified atom stereocenters. The maximum atomic E-state index is 10.2. The van der Waals surface area contributed by atoms with E-state index in [1.54, 1.807) is 26.1 Å². The minimum Gasteiger partial charge on any atom is -0.508 e. The van der Waals surface area contributed by atoms with Crippen molar-refractivity contribution >= 4 is 17.8 Å². The van der Waals surface area contributed by atoms with E-state index in [2.05, 4.69) is 10.6 Å². The molecule has 0 radical (unpaired) electrons. The highest BCUT2D eigenvalue weighted by Crippen LogP contribution is 2.29. The van der Waals surface area contributed by atoms with Crippen molar-refractivity contribution in [1.82, 2.24) is 0 Å². The lowest BCUT2D eigenvalue weighted by molar-refractivity contribution is -0.105. The van der Waals surface area contributed by atoms with Gasteiger partial charge in [0.15, 0.2) is 0 Å². The number of aryl methyl sites for hydroxylation is 1. The zero-order chi connectivity index (χ0) is 9.84. The quantitative estimate of drug-likeness (QED) is 0.485. The maximum Gasteiger partial charge on any atom is 0.211 e. The zero-order valence-corrected chi connectivity index (χ0v) is 7.59. The summed E-state index contributed by atoms with van der Waals surface area (Å²) in [5.41, 5.74) is 2.08. The summed E-state index contributed by atoms with van der Waals surface area (Å²) in [4.78, 5) is 10.2. The SMILES string of the molecule is CNc1cc(O)c(C)cc1NC=O. The van der Waals surface area contributed by atoms with E-state index in [-0.39, 0.29) is 5.75 Å². The number of benzene rings is 1. The van der Waals surface area contributed by atoms with E-state index in [9.17, 15) is 9.90 Å². The first-order valence-corrected chi connectivity index (χ1v) is 3.90. The second-order valence-corrected chi connectivity index (χ2v) is 2.70. The Bertz CT molecular complexity index is 324. The summed E-state index contributed by atoms with van der Waals surface area (Å²) in [5.74, 6) is 0.209. The smallest absolute Gasteiger partial charge is 0.211 e. The predicted molar refractivity (Wildman–Crippen MR) is 52.1 cm³/mol. The lowest BCUT2D eigenvalue weighted by Crippen LogP contribution is -1.99. The van der Waals surface area contributed by atoms with Crippen molar-refractivity contribution in [2.45, 2.75) is 6.92 Å². The average Bonchev–Trinajstić information content (AvgIpc) is 2.11. The summed E-state index contributed by atoms with van der Waals surface area (Å²) >= 11 is 0. The molecule has 0 aliphatic heterocycles. The Morgan fingerprint density at radius 1 is 1.38 bits per heavy atom. The third kappa shape index (κ3) is 1.90. The van der Waals surface area contributed by atoms with E-state index in [1.807, 2.05) is 0 Å². The Balaban J connectivity index is 3.15. The van der Waals surface area contributed by atoms with E-state index in [0.717, 1.165) is 5.56 Å². The number of phenolic OH excluding ortho intramolecular Hbond substituents is 1. The largest absolute Gasteiger partial charge is 0.508 e. The van der Waals surface area contributed by atoms with Gasteiger partial charge in [0.1, 0.15) is 5.75 Å². The first kappa shape index (κ1) is 9.38. The van der Waals surface area contributed by atoms with Gasteiger partial charge < -0.3 is 15.7 Å². The van der Waals surface area contributed by atoms with Crippen molar-refractivity contribution in [2.24, 2.45) is 0 Å². The van der Waals surface area contributed by atoms with Crippen LogP contribution in [0.1, 0.15) is 5.56 Å².